The SMILES string of the molecule is [2H]C([2H])(OCCOC1CCCCO1)C([2H])([2H])N1CCN(C2=Nc3ccccc3Sc3ccccc32)CC1. The smallest absolute Gasteiger partial charge is 0.157 e. The first-order valence-electron chi connectivity index (χ1n) is 13.7. The van der Waals surface area contributed by atoms with E-state index in [-0.39, 0.29) is 19.5 Å². The first-order valence-corrected chi connectivity index (χ1v) is 12.5. The minimum Gasteiger partial charge on any atom is -0.378 e. The molecule has 3 aliphatic heterocycles. The van der Waals surface area contributed by atoms with Crippen LogP contribution in [0.3, 0.4) is 0 Å². The second-order valence-corrected chi connectivity index (χ2v) is 9.29. The van der Waals surface area contributed by atoms with Crippen LogP contribution in [0.25, 0.3) is 0 Å². The van der Waals surface area contributed by atoms with Crippen molar-refractivity contribution in [3.63, 3.8) is 0 Å². The van der Waals surface area contributed by atoms with Gasteiger partial charge in [-0.25, -0.2) is 4.99 Å². The van der Waals surface area contributed by atoms with Crippen molar-refractivity contribution in [1.29, 1.82) is 0 Å². The Morgan fingerprint density at radius 2 is 1.82 bits per heavy atom. The van der Waals surface area contributed by atoms with Crippen LogP contribution in [0.4, 0.5) is 5.69 Å². The molecule has 1 unspecified atom stereocenters. The van der Waals surface area contributed by atoms with E-state index in [1.165, 1.54) is 4.90 Å². The lowest BCUT2D eigenvalue weighted by Crippen LogP contribution is -2.49. The van der Waals surface area contributed by atoms with Gasteiger partial charge >= 0.3 is 0 Å². The molecule has 3 heterocycles. The molecule has 2 saturated heterocycles. The van der Waals surface area contributed by atoms with E-state index in [2.05, 4.69) is 23.1 Å². The van der Waals surface area contributed by atoms with E-state index in [4.69, 9.17) is 24.7 Å². The van der Waals surface area contributed by atoms with Crippen LogP contribution in [-0.4, -0.2) is 81.0 Å². The average Bonchev–Trinajstić information content (AvgIpc) is 3.08. The van der Waals surface area contributed by atoms with Crippen molar-refractivity contribution in [2.45, 2.75) is 35.3 Å². The Hall–Kier alpha value is -1.90. The summed E-state index contributed by atoms with van der Waals surface area (Å²) >= 11 is 1.70. The lowest BCUT2D eigenvalue weighted by atomic mass is 10.1. The summed E-state index contributed by atoms with van der Waals surface area (Å²) in [6.07, 6.45) is 2.61. The molecule has 7 heteroatoms. The van der Waals surface area contributed by atoms with Crippen molar-refractivity contribution < 1.29 is 19.7 Å². The van der Waals surface area contributed by atoms with Crippen molar-refractivity contribution in [1.82, 2.24) is 9.80 Å². The number of para-hydroxylation sites is 1. The summed E-state index contributed by atoms with van der Waals surface area (Å²) in [5.41, 5.74) is 1.97. The Morgan fingerprint density at radius 3 is 2.67 bits per heavy atom. The third-order valence-electron chi connectivity index (χ3n) is 5.92. The molecule has 1 atom stereocenters. The number of nitrogens with zero attached hydrogens (tertiary/aromatic N) is 3. The van der Waals surface area contributed by atoms with Crippen LogP contribution in [0.2, 0.25) is 0 Å². The highest BCUT2D eigenvalue weighted by Crippen LogP contribution is 2.40. The van der Waals surface area contributed by atoms with Crippen LogP contribution in [0, 0.1) is 0 Å². The Bertz CT molecular complexity index is 1110. The number of amidine groups is 1. The van der Waals surface area contributed by atoms with E-state index in [1.54, 1.807) is 11.8 Å². The van der Waals surface area contributed by atoms with E-state index in [1.807, 2.05) is 30.3 Å². The van der Waals surface area contributed by atoms with Gasteiger partial charge in [0.05, 0.1) is 28.2 Å². The van der Waals surface area contributed by atoms with E-state index >= 15 is 0 Å². The van der Waals surface area contributed by atoms with E-state index < -0.39 is 13.1 Å². The lowest BCUT2D eigenvalue weighted by molar-refractivity contribution is -0.169. The molecule has 0 spiro atoms. The highest BCUT2D eigenvalue weighted by Gasteiger charge is 2.25. The Balaban J connectivity index is 1.22. The van der Waals surface area contributed by atoms with Crippen molar-refractivity contribution >= 4 is 23.3 Å². The quantitative estimate of drug-likeness (QED) is 0.558. The molecule has 6 nitrogen and oxygen atoms in total. The van der Waals surface area contributed by atoms with Crippen molar-refractivity contribution in [3.8, 4) is 0 Å². The first-order chi connectivity index (χ1) is 17.8. The van der Waals surface area contributed by atoms with Crippen molar-refractivity contribution in [3.05, 3.63) is 54.1 Å². The highest BCUT2D eigenvalue weighted by atomic mass is 32.2. The third kappa shape index (κ3) is 5.97. The molecule has 0 aromatic heterocycles. The van der Waals surface area contributed by atoms with E-state index in [0.717, 1.165) is 46.1 Å². The molecule has 2 aromatic rings. The average molecular weight is 472 g/mol. The number of hydrogen-bond acceptors (Lipinski definition) is 7. The predicted octanol–water partition coefficient (Wildman–Crippen LogP) is 4.41. The van der Waals surface area contributed by atoms with Gasteiger partial charge in [0.15, 0.2) is 6.29 Å². The minimum atomic E-state index is -2.49. The molecule has 5 rings (SSSR count). The van der Waals surface area contributed by atoms with E-state index in [9.17, 15) is 0 Å². The molecule has 0 N–H and O–H groups in total. The summed E-state index contributed by atoms with van der Waals surface area (Å²) in [5, 5.41) is 0. The van der Waals surface area contributed by atoms with Crippen LogP contribution < -0.4 is 0 Å². The topological polar surface area (TPSA) is 46.5 Å². The minimum absolute atomic E-state index is 0.0446. The third-order valence-corrected chi connectivity index (χ3v) is 7.06. The normalized spacial score (nSPS) is 23.8. The second-order valence-electron chi connectivity index (χ2n) is 8.20. The number of aliphatic imine (C=N–C) groups is 1. The van der Waals surface area contributed by atoms with Gasteiger partial charge in [0.2, 0.25) is 0 Å². The van der Waals surface area contributed by atoms with Gasteiger partial charge in [-0.1, -0.05) is 42.1 Å². The van der Waals surface area contributed by atoms with Gasteiger partial charge in [0.25, 0.3) is 0 Å². The Morgan fingerprint density at radius 1 is 1.00 bits per heavy atom. The van der Waals surface area contributed by atoms with Gasteiger partial charge < -0.3 is 19.1 Å². The summed E-state index contributed by atoms with van der Waals surface area (Å²) < 4.78 is 50.4. The fourth-order valence-electron chi connectivity index (χ4n) is 4.15. The molecule has 2 fully saturated rings. The fourth-order valence-corrected chi connectivity index (χ4v) is 5.17. The predicted molar refractivity (Wildman–Crippen MR) is 132 cm³/mol. The fraction of sp³-hybridized carbons (Fsp3) is 0.500. The lowest BCUT2D eigenvalue weighted by Gasteiger charge is -2.36. The Labute approximate surface area is 206 Å². The number of rotatable bonds is 7. The van der Waals surface area contributed by atoms with Gasteiger partial charge in [-0.3, -0.25) is 4.90 Å². The number of ether oxygens (including phenoxy) is 3. The maximum Gasteiger partial charge on any atom is 0.157 e. The highest BCUT2D eigenvalue weighted by molar-refractivity contribution is 7.99. The molecular formula is C26H33N3O3S. The van der Waals surface area contributed by atoms with Crippen LogP contribution in [0.5, 0.6) is 0 Å². The monoisotopic (exact) mass is 471 g/mol. The molecule has 0 saturated carbocycles. The molecule has 3 aliphatic rings. The van der Waals surface area contributed by atoms with Crippen LogP contribution in [-0.2, 0) is 14.2 Å². The zero-order chi connectivity index (χ0) is 25.9. The van der Waals surface area contributed by atoms with Crippen LogP contribution >= 0.6 is 11.8 Å². The summed E-state index contributed by atoms with van der Waals surface area (Å²) in [4.78, 5) is 10.9. The summed E-state index contributed by atoms with van der Waals surface area (Å²) in [7, 11) is 0. The van der Waals surface area contributed by atoms with Gasteiger partial charge in [-0.15, -0.1) is 0 Å². The molecule has 0 radical (unpaired) electrons. The van der Waals surface area contributed by atoms with Crippen LogP contribution in [0.15, 0.2) is 63.3 Å². The molecule has 0 aliphatic carbocycles. The van der Waals surface area contributed by atoms with Gasteiger partial charge in [-0.05, 0) is 37.5 Å². The maximum atomic E-state index is 8.59. The Kier molecular flexibility index (Phi) is 6.42. The van der Waals surface area contributed by atoms with Crippen molar-refractivity contribution in [2.75, 3.05) is 59.1 Å². The molecule has 176 valence electrons. The summed E-state index contributed by atoms with van der Waals surface area (Å²) in [6, 6.07) is 16.3. The molecule has 33 heavy (non-hydrogen) atoms. The molecule has 2 aromatic carbocycles. The molecule has 0 bridgehead atoms. The number of fused-ring (bicyclic) bond motifs is 2. The largest absolute Gasteiger partial charge is 0.378 e. The molecule has 0 amide bonds. The summed E-state index contributed by atoms with van der Waals surface area (Å²) in [5.74, 6) is 0.870. The van der Waals surface area contributed by atoms with Crippen LogP contribution in [0.1, 0.15) is 30.3 Å². The van der Waals surface area contributed by atoms with Crippen molar-refractivity contribution in [2.24, 2.45) is 4.99 Å². The first kappa shape index (κ1) is 18.4. The second kappa shape index (κ2) is 11.5. The number of hydrogen-bond donors (Lipinski definition) is 0. The standard InChI is InChI=1S/C26H33N3O3S/c1-3-9-23-21(7-1)26(27-22-8-2-4-10-24(22)33-23)29-14-12-28(13-15-29)16-18-30-19-20-32-25-11-5-6-17-31-25/h1-4,7-10,25H,5-6,11-20H2/i16D2,18D2. The zero-order valence-corrected chi connectivity index (χ0v) is 19.6. The van der Waals surface area contributed by atoms with Gasteiger partial charge in [0.1, 0.15) is 5.84 Å². The van der Waals surface area contributed by atoms with Gasteiger partial charge in [0, 0.05) is 57.4 Å². The van der Waals surface area contributed by atoms with Gasteiger partial charge in [-0.2, -0.15) is 0 Å². The van der Waals surface area contributed by atoms with E-state index in [0.29, 0.717) is 32.8 Å². The number of benzene rings is 2. The zero-order valence-electron chi connectivity index (χ0n) is 22.7. The maximum absolute atomic E-state index is 8.59. The molecular weight excluding hydrogens is 434 g/mol. The summed E-state index contributed by atoms with van der Waals surface area (Å²) in [6.45, 7) is -2.26. The number of piperazine rings is 1.